The Bertz CT molecular complexity index is 2000. The first-order valence-corrected chi connectivity index (χ1v) is 17.8. The molecule has 4 bridgehead atoms. The van der Waals surface area contributed by atoms with Gasteiger partial charge in [-0.05, 0) is 97.8 Å². The van der Waals surface area contributed by atoms with E-state index in [0.717, 1.165) is 58.4 Å². The SMILES string of the molecule is CC(Cc1cccc(C2(C)CCCC3(CC3)CSCCc3c(c(F)cc4[nH]ccc34)Oc3ccc(F)c(c3)-c3nc2nn3C)c1)C(=O)O. The number of nitrogens with zero attached hydrogens (tertiary/aromatic N) is 3. The molecule has 3 heterocycles. The first kappa shape index (κ1) is 32.4. The molecule has 7 nitrogen and oxygen atoms in total. The molecular weight excluding hydrogens is 631 g/mol. The minimum atomic E-state index is -0.830. The van der Waals surface area contributed by atoms with Crippen molar-refractivity contribution in [2.24, 2.45) is 18.4 Å². The van der Waals surface area contributed by atoms with E-state index in [1.807, 2.05) is 36.2 Å². The molecule has 2 unspecified atom stereocenters. The van der Waals surface area contributed by atoms with Crippen LogP contribution in [0, 0.1) is 23.0 Å². The summed E-state index contributed by atoms with van der Waals surface area (Å²) in [5, 5.41) is 15.3. The highest BCUT2D eigenvalue weighted by Crippen LogP contribution is 2.53. The molecule has 250 valence electrons. The number of hydrogen-bond donors (Lipinski definition) is 2. The van der Waals surface area contributed by atoms with Gasteiger partial charge in [0.05, 0.1) is 16.9 Å². The maximum Gasteiger partial charge on any atom is 0.306 e. The Labute approximate surface area is 283 Å². The summed E-state index contributed by atoms with van der Waals surface area (Å²) in [7, 11) is 1.75. The van der Waals surface area contributed by atoms with E-state index in [0.29, 0.717) is 30.2 Å². The number of carbonyl (C=O) groups is 1. The van der Waals surface area contributed by atoms with Crippen molar-refractivity contribution in [1.29, 1.82) is 0 Å². The zero-order chi connectivity index (χ0) is 33.6. The number of H-pyrrole nitrogens is 1. The number of hydrogen-bond acceptors (Lipinski definition) is 5. The number of halogens is 2. The van der Waals surface area contributed by atoms with Crippen molar-refractivity contribution in [2.45, 2.75) is 64.2 Å². The predicted octanol–water partition coefficient (Wildman–Crippen LogP) is 8.84. The molecule has 1 spiro atoms. The molecule has 0 amide bonds. The summed E-state index contributed by atoms with van der Waals surface area (Å²) >= 11 is 1.91. The second-order valence-corrected chi connectivity index (χ2v) is 15.0. The summed E-state index contributed by atoms with van der Waals surface area (Å²) in [5.74, 6) is 0.940. The molecule has 5 aromatic rings. The Morgan fingerprint density at radius 2 is 1.94 bits per heavy atom. The van der Waals surface area contributed by atoms with Gasteiger partial charge < -0.3 is 14.8 Å². The highest BCUT2D eigenvalue weighted by atomic mass is 32.2. The fraction of sp³-hybridized carbons (Fsp3) is 0.395. The maximum atomic E-state index is 15.6. The Hall–Kier alpha value is -4.18. The average Bonchev–Trinajstić information content (AvgIpc) is 3.46. The lowest BCUT2D eigenvalue weighted by molar-refractivity contribution is -0.141. The smallest absolute Gasteiger partial charge is 0.306 e. The first-order valence-electron chi connectivity index (χ1n) is 16.6. The summed E-state index contributed by atoms with van der Waals surface area (Å²) in [5.41, 5.74) is 3.34. The minimum Gasteiger partial charge on any atom is -0.481 e. The van der Waals surface area contributed by atoms with E-state index in [-0.39, 0.29) is 16.7 Å². The van der Waals surface area contributed by atoms with Crippen LogP contribution in [0.1, 0.15) is 68.5 Å². The van der Waals surface area contributed by atoms with Gasteiger partial charge in [0.25, 0.3) is 0 Å². The summed E-state index contributed by atoms with van der Waals surface area (Å²) in [4.78, 5) is 19.7. The number of thioether (sulfide) groups is 1. The van der Waals surface area contributed by atoms with Crippen molar-refractivity contribution in [3.63, 3.8) is 0 Å². The van der Waals surface area contributed by atoms with Crippen molar-refractivity contribution in [1.82, 2.24) is 19.7 Å². The zero-order valence-corrected chi connectivity index (χ0v) is 28.3. The number of benzene rings is 3. The number of rotatable bonds is 4. The van der Waals surface area contributed by atoms with Crippen molar-refractivity contribution >= 4 is 28.6 Å². The molecule has 1 aliphatic carbocycles. The van der Waals surface area contributed by atoms with Gasteiger partial charge >= 0.3 is 5.97 Å². The number of aliphatic carboxylic acids is 1. The van der Waals surface area contributed by atoms with Crippen molar-refractivity contribution in [2.75, 3.05) is 11.5 Å². The molecule has 2 aromatic heterocycles. The van der Waals surface area contributed by atoms with Crippen LogP contribution >= 0.6 is 11.8 Å². The second-order valence-electron chi connectivity index (χ2n) is 13.9. The van der Waals surface area contributed by atoms with Crippen LogP contribution in [-0.2, 0) is 30.1 Å². The Morgan fingerprint density at radius 1 is 1.10 bits per heavy atom. The van der Waals surface area contributed by atoms with E-state index in [1.165, 1.54) is 31.0 Å². The fourth-order valence-corrected chi connectivity index (χ4v) is 8.44. The van der Waals surface area contributed by atoms with E-state index < -0.39 is 28.9 Å². The van der Waals surface area contributed by atoms with Crippen LogP contribution in [0.5, 0.6) is 11.5 Å². The van der Waals surface area contributed by atoms with Crippen LogP contribution in [0.2, 0.25) is 0 Å². The van der Waals surface area contributed by atoms with E-state index in [2.05, 4.69) is 24.0 Å². The summed E-state index contributed by atoms with van der Waals surface area (Å²) in [6, 6.07) is 15.9. The van der Waals surface area contributed by atoms with Gasteiger partial charge in [-0.1, -0.05) is 37.6 Å². The Balaban J connectivity index is 1.32. The largest absolute Gasteiger partial charge is 0.481 e. The summed E-state index contributed by atoms with van der Waals surface area (Å²) in [6.07, 6.45) is 8.05. The van der Waals surface area contributed by atoms with Crippen LogP contribution in [0.15, 0.2) is 60.8 Å². The van der Waals surface area contributed by atoms with E-state index in [1.54, 1.807) is 24.7 Å². The van der Waals surface area contributed by atoms with E-state index >= 15 is 8.78 Å². The summed E-state index contributed by atoms with van der Waals surface area (Å²) < 4.78 is 39.1. The number of aromatic nitrogens is 4. The number of carboxylic acid groups (broad SMARTS) is 1. The van der Waals surface area contributed by atoms with Gasteiger partial charge in [0.2, 0.25) is 0 Å². The standard InChI is InChI=1S/C38H40F2N4O3S/c1-23(35(45)46)18-24-6-4-7-25(19-24)37(2)12-5-13-38(14-15-38)22-48-17-11-28-27-10-16-41-32(27)21-31(40)33(28)47-26-8-9-30(39)29(20-26)34-42-36(37)43-44(34)3/h4,6-10,16,19-21,23,41H,5,11-15,17-18,22H2,1-3H3,(H,45,46). The predicted molar refractivity (Wildman–Crippen MR) is 185 cm³/mol. The van der Waals surface area contributed by atoms with Crippen LogP contribution in [0.4, 0.5) is 8.78 Å². The lowest BCUT2D eigenvalue weighted by atomic mass is 9.76. The molecule has 0 saturated heterocycles. The molecule has 3 aromatic carbocycles. The highest BCUT2D eigenvalue weighted by Gasteiger charge is 2.43. The second kappa shape index (κ2) is 12.7. The van der Waals surface area contributed by atoms with E-state index in [4.69, 9.17) is 14.8 Å². The average molecular weight is 671 g/mol. The molecule has 1 aliphatic heterocycles. The molecule has 10 heteroatoms. The molecule has 2 N–H and O–H groups in total. The number of ether oxygens (including phenoxy) is 1. The molecule has 48 heavy (non-hydrogen) atoms. The number of nitrogens with one attached hydrogen (secondary N) is 1. The van der Waals surface area contributed by atoms with Gasteiger partial charge in [0.15, 0.2) is 23.2 Å². The van der Waals surface area contributed by atoms with Gasteiger partial charge in [0.1, 0.15) is 11.6 Å². The highest BCUT2D eigenvalue weighted by molar-refractivity contribution is 7.99. The van der Waals surface area contributed by atoms with Gasteiger partial charge in [-0.15, -0.1) is 0 Å². The van der Waals surface area contributed by atoms with E-state index in [9.17, 15) is 9.90 Å². The van der Waals surface area contributed by atoms with Gasteiger partial charge in [0, 0.05) is 35.8 Å². The van der Waals surface area contributed by atoms with Crippen molar-refractivity contribution < 1.29 is 23.4 Å². The molecule has 7 rings (SSSR count). The maximum absolute atomic E-state index is 15.6. The number of aryl methyl sites for hydroxylation is 2. The van der Waals surface area contributed by atoms with Gasteiger partial charge in [-0.3, -0.25) is 4.79 Å². The van der Waals surface area contributed by atoms with Gasteiger partial charge in [-0.2, -0.15) is 16.9 Å². The Kier molecular flexibility index (Phi) is 8.56. The number of carboxylic acids is 1. The lowest BCUT2D eigenvalue weighted by Gasteiger charge is -2.29. The van der Waals surface area contributed by atoms with Crippen molar-refractivity contribution in [3.8, 4) is 22.9 Å². The molecule has 0 radical (unpaired) electrons. The normalized spacial score (nSPS) is 20.0. The number of aromatic amines is 1. The molecule has 1 saturated carbocycles. The monoisotopic (exact) mass is 670 g/mol. The minimum absolute atomic E-state index is 0.158. The summed E-state index contributed by atoms with van der Waals surface area (Å²) in [6.45, 7) is 3.85. The zero-order valence-electron chi connectivity index (χ0n) is 27.5. The van der Waals surface area contributed by atoms with Crippen LogP contribution in [-0.4, -0.2) is 42.3 Å². The topological polar surface area (TPSA) is 93.0 Å². The third-order valence-electron chi connectivity index (χ3n) is 10.3. The lowest BCUT2D eigenvalue weighted by Crippen LogP contribution is -2.26. The molecule has 2 atom stereocenters. The Morgan fingerprint density at radius 3 is 2.73 bits per heavy atom. The molecule has 2 aliphatic rings. The quantitative estimate of drug-likeness (QED) is 0.199. The van der Waals surface area contributed by atoms with Crippen LogP contribution < -0.4 is 4.74 Å². The van der Waals surface area contributed by atoms with Crippen LogP contribution in [0.3, 0.4) is 0 Å². The third kappa shape index (κ3) is 6.22. The van der Waals surface area contributed by atoms with Crippen LogP contribution in [0.25, 0.3) is 22.3 Å². The molecule has 1 fully saturated rings. The fourth-order valence-electron chi connectivity index (χ4n) is 7.08. The first-order chi connectivity index (χ1) is 23.0. The third-order valence-corrected chi connectivity index (χ3v) is 11.6. The molecular formula is C38H40F2N4O3S. The van der Waals surface area contributed by atoms with Crippen molar-refractivity contribution in [3.05, 3.63) is 94.9 Å². The van der Waals surface area contributed by atoms with Gasteiger partial charge in [-0.25, -0.2) is 18.4 Å². The number of fused-ring (bicyclic) bond motifs is 8.